The van der Waals surface area contributed by atoms with Crippen LogP contribution in [0, 0.1) is 0 Å². The normalized spacial score (nSPS) is 11.5. The molecule has 0 radical (unpaired) electrons. The molecule has 7 nitrogen and oxygen atoms in total. The van der Waals surface area contributed by atoms with Gasteiger partial charge in [-0.2, -0.15) is 8.42 Å². The quantitative estimate of drug-likeness (QED) is 0.298. The van der Waals surface area contributed by atoms with E-state index in [2.05, 4.69) is 14.7 Å². The number of benzene rings is 2. The molecule has 0 aliphatic carbocycles. The highest BCUT2D eigenvalue weighted by molar-refractivity contribution is 7.90. The number of nitrogens with zero attached hydrogens (tertiary/aromatic N) is 3. The second-order valence-corrected chi connectivity index (χ2v) is 9.45. The van der Waals surface area contributed by atoms with E-state index in [4.69, 9.17) is 23.2 Å². The lowest BCUT2D eigenvalue weighted by atomic mass is 10.1. The Hall–Kier alpha value is -2.94. The van der Waals surface area contributed by atoms with Gasteiger partial charge in [-0.25, -0.2) is 4.98 Å². The molecular weight excluding hydrogens is 471 g/mol. The van der Waals surface area contributed by atoms with Gasteiger partial charge in [-0.05, 0) is 35.9 Å². The molecule has 0 spiro atoms. The van der Waals surface area contributed by atoms with Gasteiger partial charge < -0.3 is 10.2 Å². The minimum absolute atomic E-state index is 0.0450. The smallest absolute Gasteiger partial charge is 0.284 e. The van der Waals surface area contributed by atoms with Crippen molar-refractivity contribution >= 4 is 51.2 Å². The van der Waals surface area contributed by atoms with Crippen LogP contribution in [0.25, 0.3) is 11.1 Å². The summed E-state index contributed by atoms with van der Waals surface area (Å²) < 4.78 is 29.7. The van der Waals surface area contributed by atoms with Gasteiger partial charge >= 0.3 is 0 Å². The summed E-state index contributed by atoms with van der Waals surface area (Å²) in [6.07, 6.45) is 2.72. The lowest BCUT2D eigenvalue weighted by Gasteiger charge is -2.12. The fourth-order valence-electron chi connectivity index (χ4n) is 2.82. The Morgan fingerprint density at radius 3 is 2.53 bits per heavy atom. The molecule has 0 atom stereocenters. The van der Waals surface area contributed by atoms with Crippen molar-refractivity contribution in [3.8, 4) is 11.1 Å². The third-order valence-corrected chi connectivity index (χ3v) is 6.17. The van der Waals surface area contributed by atoms with Crippen molar-refractivity contribution in [1.82, 2.24) is 9.88 Å². The average Bonchev–Trinajstić information content (AvgIpc) is 2.75. The fourth-order valence-corrected chi connectivity index (χ4v) is 4.30. The topological polar surface area (TPSA) is 91.7 Å². The van der Waals surface area contributed by atoms with Gasteiger partial charge in [0.25, 0.3) is 10.0 Å². The van der Waals surface area contributed by atoms with Crippen LogP contribution in [0.1, 0.15) is 5.56 Å². The molecule has 166 valence electrons. The Balaban J connectivity index is 1.98. The molecular formula is C22H20Cl2N4O3S. The van der Waals surface area contributed by atoms with Crippen molar-refractivity contribution in [2.75, 3.05) is 19.4 Å². The molecule has 32 heavy (non-hydrogen) atoms. The zero-order valence-electron chi connectivity index (χ0n) is 17.3. The van der Waals surface area contributed by atoms with E-state index in [1.807, 2.05) is 0 Å². The molecule has 1 aromatic heterocycles. The number of carbonyl (C=O) groups is 1. The van der Waals surface area contributed by atoms with Gasteiger partial charge in [0.1, 0.15) is 11.5 Å². The van der Waals surface area contributed by atoms with Crippen LogP contribution in [0.4, 0.5) is 5.69 Å². The largest absolute Gasteiger partial charge is 0.368 e. The monoisotopic (exact) mass is 490 g/mol. The zero-order valence-corrected chi connectivity index (χ0v) is 19.6. The summed E-state index contributed by atoms with van der Waals surface area (Å²) in [5, 5.41) is 3.49. The molecule has 0 saturated heterocycles. The Labute approximate surface area is 196 Å². The highest BCUT2D eigenvalue weighted by Crippen LogP contribution is 2.31. The van der Waals surface area contributed by atoms with Gasteiger partial charge in [0.2, 0.25) is 5.91 Å². The van der Waals surface area contributed by atoms with Gasteiger partial charge in [0.15, 0.2) is 0 Å². The maximum Gasteiger partial charge on any atom is 0.284 e. The molecule has 0 aliphatic heterocycles. The van der Waals surface area contributed by atoms with Crippen molar-refractivity contribution in [1.29, 1.82) is 0 Å². The summed E-state index contributed by atoms with van der Waals surface area (Å²) in [5.41, 5.74) is 1.90. The molecule has 1 N–H and O–H groups in total. The van der Waals surface area contributed by atoms with E-state index >= 15 is 0 Å². The number of halogens is 2. The molecule has 0 unspecified atom stereocenters. The van der Waals surface area contributed by atoms with Crippen LogP contribution in [-0.4, -0.2) is 44.6 Å². The number of nitrogens with one attached hydrogen (secondary N) is 1. The summed E-state index contributed by atoms with van der Waals surface area (Å²) in [6, 6.07) is 14.8. The molecule has 0 fully saturated rings. The van der Waals surface area contributed by atoms with Crippen LogP contribution in [0.2, 0.25) is 10.2 Å². The molecule has 0 saturated carbocycles. The maximum atomic E-state index is 13.0. The summed E-state index contributed by atoms with van der Waals surface area (Å²) in [6.45, 7) is 0. The van der Waals surface area contributed by atoms with E-state index in [9.17, 15) is 13.2 Å². The van der Waals surface area contributed by atoms with E-state index in [-0.39, 0.29) is 22.4 Å². The number of hydrogen-bond acceptors (Lipinski definition) is 4. The Morgan fingerprint density at radius 1 is 1.12 bits per heavy atom. The first-order valence-electron chi connectivity index (χ1n) is 9.42. The maximum absolute atomic E-state index is 13.0. The van der Waals surface area contributed by atoms with Crippen LogP contribution in [-0.2, 0) is 21.2 Å². The zero-order chi connectivity index (χ0) is 23.3. The van der Waals surface area contributed by atoms with Crippen molar-refractivity contribution in [3.05, 3.63) is 76.5 Å². The van der Waals surface area contributed by atoms with E-state index < -0.39 is 10.0 Å². The Bertz CT molecular complexity index is 1260. The van der Waals surface area contributed by atoms with Crippen LogP contribution >= 0.6 is 23.2 Å². The van der Waals surface area contributed by atoms with Gasteiger partial charge in [-0.15, -0.1) is 4.40 Å². The Morgan fingerprint density at radius 2 is 1.88 bits per heavy atom. The summed E-state index contributed by atoms with van der Waals surface area (Å²) in [7, 11) is -0.751. The Kier molecular flexibility index (Phi) is 7.50. The molecule has 3 aromatic rings. The minimum atomic E-state index is -4.07. The number of sulfonamides is 1. The first kappa shape index (κ1) is 23.7. The minimum Gasteiger partial charge on any atom is -0.368 e. The van der Waals surface area contributed by atoms with Crippen molar-refractivity contribution < 1.29 is 13.2 Å². The van der Waals surface area contributed by atoms with Gasteiger partial charge in [0.05, 0.1) is 11.3 Å². The van der Waals surface area contributed by atoms with E-state index in [1.165, 1.54) is 23.5 Å². The molecule has 3 rings (SSSR count). The van der Waals surface area contributed by atoms with E-state index in [0.717, 1.165) is 0 Å². The third kappa shape index (κ3) is 6.06. The SMILES string of the molecule is CN(C)C=NS(=O)(=O)c1cc(NC(=O)Cc2ccccc2Cl)ccc1-c1ccc(Cl)nc1. The lowest BCUT2D eigenvalue weighted by Crippen LogP contribution is -2.15. The molecule has 0 bridgehead atoms. The number of amides is 1. The fraction of sp³-hybridized carbons (Fsp3) is 0.136. The van der Waals surface area contributed by atoms with Crippen molar-refractivity contribution in [3.63, 3.8) is 0 Å². The highest BCUT2D eigenvalue weighted by atomic mass is 35.5. The predicted octanol–water partition coefficient (Wildman–Crippen LogP) is 4.52. The van der Waals surface area contributed by atoms with Crippen LogP contribution in [0.3, 0.4) is 0 Å². The number of carbonyl (C=O) groups excluding carboxylic acids is 1. The molecule has 1 heterocycles. The van der Waals surface area contributed by atoms with Gasteiger partial charge in [0, 0.05) is 42.1 Å². The first-order chi connectivity index (χ1) is 15.2. The number of aromatic nitrogens is 1. The number of anilines is 1. The van der Waals surface area contributed by atoms with E-state index in [0.29, 0.717) is 27.4 Å². The van der Waals surface area contributed by atoms with Crippen LogP contribution < -0.4 is 5.32 Å². The summed E-state index contributed by atoms with van der Waals surface area (Å²) in [5.74, 6) is -0.334. The van der Waals surface area contributed by atoms with E-state index in [1.54, 1.807) is 62.6 Å². The third-order valence-electron chi connectivity index (χ3n) is 4.31. The lowest BCUT2D eigenvalue weighted by molar-refractivity contribution is -0.115. The summed E-state index contributed by atoms with van der Waals surface area (Å²) in [4.78, 5) is 18.0. The first-order valence-corrected chi connectivity index (χ1v) is 11.6. The predicted molar refractivity (Wildman–Crippen MR) is 128 cm³/mol. The van der Waals surface area contributed by atoms with Crippen molar-refractivity contribution in [2.24, 2.45) is 4.40 Å². The molecule has 0 aliphatic rings. The molecule has 1 amide bonds. The van der Waals surface area contributed by atoms with Crippen molar-refractivity contribution in [2.45, 2.75) is 11.3 Å². The average molecular weight is 491 g/mol. The van der Waals surface area contributed by atoms with Gasteiger partial charge in [-0.3, -0.25) is 4.79 Å². The summed E-state index contributed by atoms with van der Waals surface area (Å²) >= 11 is 12.0. The highest BCUT2D eigenvalue weighted by Gasteiger charge is 2.20. The van der Waals surface area contributed by atoms with Crippen LogP contribution in [0.5, 0.6) is 0 Å². The number of rotatable bonds is 7. The molecule has 10 heteroatoms. The second-order valence-electron chi connectivity index (χ2n) is 7.06. The standard InChI is InChI=1S/C22H20Cl2N4O3S/c1-28(2)14-26-32(30,31)20-12-17(8-9-18(20)16-7-10-21(24)25-13-16)27-22(29)11-15-5-3-4-6-19(15)23/h3-10,12-14H,11H2,1-2H3,(H,27,29). The second kappa shape index (κ2) is 10.1. The molecule has 2 aromatic carbocycles. The van der Waals surface area contributed by atoms with Crippen LogP contribution in [0.15, 0.2) is 70.1 Å². The van der Waals surface area contributed by atoms with Gasteiger partial charge in [-0.1, -0.05) is 47.5 Å². The number of pyridine rings is 1. The number of hydrogen-bond donors (Lipinski definition) is 1.